The number of esters is 1. The molecule has 1 amide bonds. The summed E-state index contributed by atoms with van der Waals surface area (Å²) in [6, 6.07) is 13.3. The molecular formula is C26H26N2O4. The molecule has 0 saturated carbocycles. The number of hydrogen-bond donors (Lipinski definition) is 0. The summed E-state index contributed by atoms with van der Waals surface area (Å²) < 4.78 is 5.15. The molecule has 0 aliphatic carbocycles. The average molecular weight is 431 g/mol. The highest BCUT2D eigenvalue weighted by Crippen LogP contribution is 2.31. The number of fused-ring (bicyclic) bond motifs is 1. The van der Waals surface area contributed by atoms with Crippen LogP contribution >= 0.6 is 0 Å². The lowest BCUT2D eigenvalue weighted by Crippen LogP contribution is -2.30. The van der Waals surface area contributed by atoms with E-state index in [2.05, 4.69) is 18.3 Å². The van der Waals surface area contributed by atoms with E-state index in [0.29, 0.717) is 12.1 Å². The summed E-state index contributed by atoms with van der Waals surface area (Å²) in [4.78, 5) is 32.5. The number of amides is 1. The predicted octanol–water partition coefficient (Wildman–Crippen LogP) is 4.72. The van der Waals surface area contributed by atoms with E-state index in [1.54, 1.807) is 24.0 Å². The standard InChI is InChI=1S/C26H26N2O4/c1-6-14-28-23-15-18(4)10-13-21(23)24(25(28)29)27-32-19(5)22(26(30)31-7-2)16-20-11-8-17(3)9-12-20/h6,8-13,15-16H,1,5,7,14H2,2-4H3/b22-16+,27-24+. The van der Waals surface area contributed by atoms with Crippen molar-refractivity contribution < 1.29 is 19.2 Å². The van der Waals surface area contributed by atoms with Crippen LogP contribution in [0.3, 0.4) is 0 Å². The van der Waals surface area contributed by atoms with Crippen LogP contribution in [0.2, 0.25) is 0 Å². The van der Waals surface area contributed by atoms with Gasteiger partial charge >= 0.3 is 5.97 Å². The number of anilines is 1. The van der Waals surface area contributed by atoms with E-state index in [9.17, 15) is 9.59 Å². The van der Waals surface area contributed by atoms with Crippen molar-refractivity contribution in [2.24, 2.45) is 5.16 Å². The lowest BCUT2D eigenvalue weighted by molar-refractivity contribution is -0.138. The first kappa shape index (κ1) is 22.7. The van der Waals surface area contributed by atoms with Crippen LogP contribution in [0.15, 0.2) is 78.2 Å². The van der Waals surface area contributed by atoms with Gasteiger partial charge in [-0.3, -0.25) is 4.79 Å². The zero-order valence-corrected chi connectivity index (χ0v) is 18.6. The van der Waals surface area contributed by atoms with Crippen LogP contribution in [-0.2, 0) is 19.2 Å². The summed E-state index contributed by atoms with van der Waals surface area (Å²) in [7, 11) is 0. The number of rotatable bonds is 8. The lowest BCUT2D eigenvalue weighted by atomic mass is 10.1. The van der Waals surface area contributed by atoms with Gasteiger partial charge in [-0.2, -0.15) is 0 Å². The number of ether oxygens (including phenoxy) is 1. The molecule has 0 fully saturated rings. The van der Waals surface area contributed by atoms with Crippen LogP contribution in [0.25, 0.3) is 6.08 Å². The summed E-state index contributed by atoms with van der Waals surface area (Å²) in [6.07, 6.45) is 3.27. The van der Waals surface area contributed by atoms with Crippen LogP contribution in [0.1, 0.15) is 29.2 Å². The number of benzene rings is 2. The number of hydrogen-bond acceptors (Lipinski definition) is 5. The second kappa shape index (κ2) is 9.92. The van der Waals surface area contributed by atoms with Gasteiger partial charge in [0.25, 0.3) is 5.91 Å². The van der Waals surface area contributed by atoms with Crippen molar-refractivity contribution in [2.75, 3.05) is 18.1 Å². The van der Waals surface area contributed by atoms with Gasteiger partial charge in [0, 0.05) is 12.1 Å². The van der Waals surface area contributed by atoms with Crippen LogP contribution in [0, 0.1) is 13.8 Å². The van der Waals surface area contributed by atoms with Gasteiger partial charge < -0.3 is 14.5 Å². The average Bonchev–Trinajstić information content (AvgIpc) is 3.02. The molecule has 0 spiro atoms. The van der Waals surface area contributed by atoms with Crippen LogP contribution in [-0.4, -0.2) is 30.7 Å². The molecule has 0 bridgehead atoms. The number of aryl methyl sites for hydroxylation is 2. The first-order valence-electron chi connectivity index (χ1n) is 10.3. The van der Waals surface area contributed by atoms with Crippen molar-refractivity contribution in [3.8, 4) is 0 Å². The van der Waals surface area contributed by atoms with E-state index in [4.69, 9.17) is 9.57 Å². The van der Waals surface area contributed by atoms with Crippen molar-refractivity contribution in [3.05, 3.63) is 95.3 Å². The van der Waals surface area contributed by atoms with E-state index >= 15 is 0 Å². The molecular weight excluding hydrogens is 404 g/mol. The Morgan fingerprint density at radius 2 is 1.81 bits per heavy atom. The summed E-state index contributed by atoms with van der Waals surface area (Å²) in [5, 5.41) is 4.07. The van der Waals surface area contributed by atoms with Crippen LogP contribution < -0.4 is 4.90 Å². The smallest absolute Gasteiger partial charge is 0.342 e. The maximum Gasteiger partial charge on any atom is 0.342 e. The number of nitrogens with zero attached hydrogens (tertiary/aromatic N) is 2. The minimum Gasteiger partial charge on any atom is -0.462 e. The fourth-order valence-corrected chi connectivity index (χ4v) is 3.26. The summed E-state index contributed by atoms with van der Waals surface area (Å²) in [5.41, 5.74) is 4.55. The molecule has 0 unspecified atom stereocenters. The van der Waals surface area contributed by atoms with Gasteiger partial charge in [0.05, 0.1) is 12.3 Å². The summed E-state index contributed by atoms with van der Waals surface area (Å²) in [6.45, 7) is 13.8. The third-order valence-electron chi connectivity index (χ3n) is 4.89. The Kier molecular flexibility index (Phi) is 7.05. The molecule has 0 radical (unpaired) electrons. The highest BCUT2D eigenvalue weighted by molar-refractivity contribution is 6.54. The third-order valence-corrected chi connectivity index (χ3v) is 4.89. The van der Waals surface area contributed by atoms with Gasteiger partial charge in [-0.05, 0) is 44.0 Å². The molecule has 2 aromatic rings. The van der Waals surface area contributed by atoms with Gasteiger partial charge in [-0.1, -0.05) is 59.8 Å². The topological polar surface area (TPSA) is 68.2 Å². The molecule has 1 aliphatic heterocycles. The molecule has 2 aromatic carbocycles. The highest BCUT2D eigenvalue weighted by Gasteiger charge is 2.34. The minimum atomic E-state index is -0.583. The second-order valence-corrected chi connectivity index (χ2v) is 7.37. The lowest BCUT2D eigenvalue weighted by Gasteiger charge is -2.14. The fourth-order valence-electron chi connectivity index (χ4n) is 3.26. The number of oxime groups is 1. The van der Waals surface area contributed by atoms with Crippen molar-refractivity contribution >= 4 is 29.4 Å². The van der Waals surface area contributed by atoms with Gasteiger partial charge in [0.1, 0.15) is 5.57 Å². The maximum absolute atomic E-state index is 12.9. The molecule has 6 nitrogen and oxygen atoms in total. The molecule has 0 aromatic heterocycles. The summed E-state index contributed by atoms with van der Waals surface area (Å²) >= 11 is 0. The quantitative estimate of drug-likeness (QED) is 0.152. The fraction of sp³-hybridized carbons (Fsp3) is 0.192. The van der Waals surface area contributed by atoms with Crippen LogP contribution in [0.5, 0.6) is 0 Å². The van der Waals surface area contributed by atoms with Crippen LogP contribution in [0.4, 0.5) is 5.69 Å². The van der Waals surface area contributed by atoms with E-state index in [1.807, 2.05) is 56.3 Å². The normalized spacial score (nSPS) is 14.3. The maximum atomic E-state index is 12.9. The first-order valence-corrected chi connectivity index (χ1v) is 10.3. The molecule has 0 saturated heterocycles. The van der Waals surface area contributed by atoms with Crippen molar-refractivity contribution in [1.82, 2.24) is 0 Å². The molecule has 32 heavy (non-hydrogen) atoms. The monoisotopic (exact) mass is 430 g/mol. The molecule has 0 N–H and O–H groups in total. The molecule has 0 atom stereocenters. The van der Waals surface area contributed by atoms with Gasteiger partial charge in [-0.25, -0.2) is 4.79 Å². The van der Waals surface area contributed by atoms with Gasteiger partial charge in [-0.15, -0.1) is 6.58 Å². The van der Waals surface area contributed by atoms with Gasteiger partial charge in [0.15, 0.2) is 11.5 Å². The van der Waals surface area contributed by atoms with E-state index in [0.717, 1.165) is 22.4 Å². The van der Waals surface area contributed by atoms with E-state index in [-0.39, 0.29) is 29.6 Å². The Hall–Kier alpha value is -3.93. The Balaban J connectivity index is 1.92. The predicted molar refractivity (Wildman–Crippen MR) is 126 cm³/mol. The number of carbonyl (C=O) groups excluding carboxylic acids is 2. The first-order chi connectivity index (χ1) is 15.3. The molecule has 1 aliphatic rings. The van der Waals surface area contributed by atoms with Crippen molar-refractivity contribution in [3.63, 3.8) is 0 Å². The van der Waals surface area contributed by atoms with E-state index in [1.165, 1.54) is 0 Å². The van der Waals surface area contributed by atoms with Crippen molar-refractivity contribution in [1.29, 1.82) is 0 Å². The van der Waals surface area contributed by atoms with Crippen molar-refractivity contribution in [2.45, 2.75) is 20.8 Å². The summed E-state index contributed by atoms with van der Waals surface area (Å²) in [5.74, 6) is -0.904. The Morgan fingerprint density at radius 3 is 2.47 bits per heavy atom. The second-order valence-electron chi connectivity index (χ2n) is 7.37. The minimum absolute atomic E-state index is 0.0137. The Bertz CT molecular complexity index is 1130. The zero-order valence-electron chi connectivity index (χ0n) is 18.6. The van der Waals surface area contributed by atoms with E-state index < -0.39 is 5.97 Å². The zero-order chi connectivity index (χ0) is 23.3. The van der Waals surface area contributed by atoms with Gasteiger partial charge in [0.2, 0.25) is 0 Å². The molecule has 164 valence electrons. The molecule has 1 heterocycles. The molecule has 6 heteroatoms. The number of carbonyl (C=O) groups is 2. The SMILES string of the molecule is C=CCN1C(=O)/C(=N/OC(=C)/C(=C\c2ccc(C)cc2)C(=O)OCC)c2ccc(C)cc21. The Labute approximate surface area is 188 Å². The molecule has 3 rings (SSSR count). The highest BCUT2D eigenvalue weighted by atomic mass is 16.6. The third kappa shape index (κ3) is 4.86. The Morgan fingerprint density at radius 1 is 1.12 bits per heavy atom. The largest absolute Gasteiger partial charge is 0.462 e.